The van der Waals surface area contributed by atoms with Crippen LogP contribution in [-0.4, -0.2) is 22.3 Å². The average molecular weight is 392 g/mol. The van der Waals surface area contributed by atoms with Crippen molar-refractivity contribution in [2.45, 2.75) is 39.7 Å². The van der Waals surface area contributed by atoms with Crippen molar-refractivity contribution in [3.05, 3.63) is 50.9 Å². The van der Waals surface area contributed by atoms with Crippen LogP contribution in [0.15, 0.2) is 29.7 Å². The molecule has 0 saturated heterocycles. The summed E-state index contributed by atoms with van der Waals surface area (Å²) in [4.78, 5) is 28.6. The Balaban J connectivity index is 2.03. The highest BCUT2D eigenvalue weighted by Gasteiger charge is 2.20. The first kappa shape index (κ1) is 20.1. The lowest BCUT2D eigenvalue weighted by molar-refractivity contribution is -0.111. The number of hydrogen-bond acceptors (Lipinski definition) is 4. The molecule has 26 heavy (non-hydrogen) atoms. The maximum absolute atomic E-state index is 12.3. The highest BCUT2D eigenvalue weighted by molar-refractivity contribution is 7.09. The van der Waals surface area contributed by atoms with E-state index in [0.717, 1.165) is 17.1 Å². The number of carbonyl (C=O) groups excluding carboxylic acids is 2. The molecule has 2 amide bonds. The predicted molar refractivity (Wildman–Crippen MR) is 108 cm³/mol. The van der Waals surface area contributed by atoms with E-state index in [-0.39, 0.29) is 22.4 Å². The van der Waals surface area contributed by atoms with Crippen molar-refractivity contribution < 1.29 is 9.59 Å². The van der Waals surface area contributed by atoms with Crippen LogP contribution in [0.3, 0.4) is 0 Å². The van der Waals surface area contributed by atoms with E-state index < -0.39 is 0 Å². The van der Waals surface area contributed by atoms with E-state index in [1.807, 2.05) is 33.1 Å². The lowest BCUT2D eigenvalue weighted by atomic mass is 10.0. The van der Waals surface area contributed by atoms with E-state index in [0.29, 0.717) is 11.3 Å². The zero-order valence-corrected chi connectivity index (χ0v) is 16.8. The summed E-state index contributed by atoms with van der Waals surface area (Å²) in [7, 11) is 0. The summed E-state index contributed by atoms with van der Waals surface area (Å²) in [6, 6.07) is 4.82. The number of rotatable bonds is 6. The molecule has 1 aromatic carbocycles. The van der Waals surface area contributed by atoms with Gasteiger partial charge in [-0.2, -0.15) is 0 Å². The summed E-state index contributed by atoms with van der Waals surface area (Å²) in [5, 5.41) is 8.76. The molecule has 0 fully saturated rings. The van der Waals surface area contributed by atoms with Gasteiger partial charge in [0.15, 0.2) is 0 Å². The quantitative estimate of drug-likeness (QED) is 0.702. The number of hydrogen-bond donors (Lipinski definition) is 2. The minimum atomic E-state index is -0.313. The Kier molecular flexibility index (Phi) is 6.56. The van der Waals surface area contributed by atoms with Gasteiger partial charge in [0, 0.05) is 22.7 Å². The van der Waals surface area contributed by atoms with Crippen molar-refractivity contribution in [2.24, 2.45) is 0 Å². The highest BCUT2D eigenvalue weighted by atomic mass is 35.5. The van der Waals surface area contributed by atoms with Crippen molar-refractivity contribution >= 4 is 46.5 Å². The second-order valence-corrected chi connectivity index (χ2v) is 7.97. The number of amides is 2. The molecule has 2 rings (SSSR count). The van der Waals surface area contributed by atoms with Gasteiger partial charge < -0.3 is 10.6 Å². The number of nitrogens with zero attached hydrogens (tertiary/aromatic N) is 1. The molecule has 7 heteroatoms. The zero-order valence-electron chi connectivity index (χ0n) is 15.2. The molecule has 0 aliphatic rings. The molecule has 0 bridgehead atoms. The molecule has 1 heterocycles. The van der Waals surface area contributed by atoms with Gasteiger partial charge in [-0.25, -0.2) is 4.98 Å². The Labute approximate surface area is 162 Å². The topological polar surface area (TPSA) is 71.1 Å². The third kappa shape index (κ3) is 5.68. The van der Waals surface area contributed by atoms with Gasteiger partial charge in [-0.15, -0.1) is 11.3 Å². The van der Waals surface area contributed by atoms with E-state index >= 15 is 0 Å². The molecular formula is C19H22ClN3O2S. The third-order valence-corrected chi connectivity index (χ3v) is 4.96. The van der Waals surface area contributed by atoms with Gasteiger partial charge in [0.2, 0.25) is 5.91 Å². The van der Waals surface area contributed by atoms with Crippen LogP contribution in [0.2, 0.25) is 5.02 Å². The molecule has 1 aromatic heterocycles. The molecule has 2 aromatic rings. The lowest BCUT2D eigenvalue weighted by Gasteiger charge is -2.24. The number of halogens is 1. The standard InChI is InChI=1S/C19H22ClN3O2S/c1-5-19(3,4)23-18(25)15-8-6-13(10-16(15)20)22-17(24)9-7-14-11-26-12(2)21-14/h6-11H,5H2,1-4H3,(H,22,24)(H,23,25). The van der Waals surface area contributed by atoms with Crippen LogP contribution in [-0.2, 0) is 4.79 Å². The van der Waals surface area contributed by atoms with Gasteiger partial charge in [-0.1, -0.05) is 18.5 Å². The molecule has 138 valence electrons. The monoisotopic (exact) mass is 391 g/mol. The summed E-state index contributed by atoms with van der Waals surface area (Å²) in [5.41, 5.74) is 1.32. The Morgan fingerprint density at radius 1 is 1.35 bits per heavy atom. The van der Waals surface area contributed by atoms with Crippen LogP contribution in [0.1, 0.15) is 48.3 Å². The van der Waals surface area contributed by atoms with Crippen molar-refractivity contribution in [1.82, 2.24) is 10.3 Å². The van der Waals surface area contributed by atoms with Crippen LogP contribution in [0.4, 0.5) is 5.69 Å². The summed E-state index contributed by atoms with van der Waals surface area (Å²) >= 11 is 7.74. The van der Waals surface area contributed by atoms with Gasteiger partial charge >= 0.3 is 0 Å². The van der Waals surface area contributed by atoms with Crippen molar-refractivity contribution in [1.29, 1.82) is 0 Å². The number of anilines is 1. The fraction of sp³-hybridized carbons (Fsp3) is 0.316. The van der Waals surface area contributed by atoms with Gasteiger partial charge in [-0.05, 0) is 51.5 Å². The summed E-state index contributed by atoms with van der Waals surface area (Å²) < 4.78 is 0. The number of aromatic nitrogens is 1. The second-order valence-electron chi connectivity index (χ2n) is 6.50. The molecule has 0 aliphatic carbocycles. The van der Waals surface area contributed by atoms with Crippen LogP contribution in [0.5, 0.6) is 0 Å². The number of aryl methyl sites for hydroxylation is 1. The third-order valence-electron chi connectivity index (χ3n) is 3.86. The first-order valence-electron chi connectivity index (χ1n) is 8.23. The molecule has 2 N–H and O–H groups in total. The van der Waals surface area contributed by atoms with E-state index in [1.54, 1.807) is 24.3 Å². The number of nitrogens with one attached hydrogen (secondary N) is 2. The van der Waals surface area contributed by atoms with Gasteiger partial charge in [0.25, 0.3) is 5.91 Å². The molecule has 5 nitrogen and oxygen atoms in total. The van der Waals surface area contributed by atoms with Gasteiger partial charge in [0.05, 0.1) is 21.3 Å². The summed E-state index contributed by atoms with van der Waals surface area (Å²) in [6.07, 6.45) is 3.86. The summed E-state index contributed by atoms with van der Waals surface area (Å²) in [5.74, 6) is -0.533. The lowest BCUT2D eigenvalue weighted by Crippen LogP contribution is -2.42. The molecular weight excluding hydrogens is 370 g/mol. The summed E-state index contributed by atoms with van der Waals surface area (Å²) in [6.45, 7) is 7.80. The molecule has 0 atom stereocenters. The molecule has 0 radical (unpaired) electrons. The van der Waals surface area contributed by atoms with Crippen LogP contribution in [0, 0.1) is 6.92 Å². The van der Waals surface area contributed by atoms with E-state index in [1.165, 1.54) is 17.4 Å². The SMILES string of the molecule is CCC(C)(C)NC(=O)c1ccc(NC(=O)C=Cc2csc(C)n2)cc1Cl. The Morgan fingerprint density at radius 3 is 2.65 bits per heavy atom. The average Bonchev–Trinajstić information content (AvgIpc) is 2.98. The maximum atomic E-state index is 12.3. The number of benzene rings is 1. The van der Waals surface area contributed by atoms with Crippen molar-refractivity contribution in [3.8, 4) is 0 Å². The fourth-order valence-electron chi connectivity index (χ4n) is 2.04. The van der Waals surface area contributed by atoms with Crippen molar-refractivity contribution in [3.63, 3.8) is 0 Å². The first-order valence-corrected chi connectivity index (χ1v) is 9.49. The Bertz CT molecular complexity index is 843. The maximum Gasteiger partial charge on any atom is 0.253 e. The first-order chi connectivity index (χ1) is 12.2. The fourth-order valence-corrected chi connectivity index (χ4v) is 2.89. The zero-order chi connectivity index (χ0) is 19.3. The Hall–Kier alpha value is -2.18. The predicted octanol–water partition coefficient (Wildman–Crippen LogP) is 4.68. The van der Waals surface area contributed by atoms with Gasteiger partial charge in [0.1, 0.15) is 0 Å². The van der Waals surface area contributed by atoms with Crippen LogP contribution in [0.25, 0.3) is 6.08 Å². The van der Waals surface area contributed by atoms with Crippen molar-refractivity contribution in [2.75, 3.05) is 5.32 Å². The van der Waals surface area contributed by atoms with Gasteiger partial charge in [-0.3, -0.25) is 9.59 Å². The largest absolute Gasteiger partial charge is 0.347 e. The van der Waals surface area contributed by atoms with E-state index in [2.05, 4.69) is 15.6 Å². The second kappa shape index (κ2) is 8.47. The Morgan fingerprint density at radius 2 is 2.08 bits per heavy atom. The minimum Gasteiger partial charge on any atom is -0.347 e. The highest BCUT2D eigenvalue weighted by Crippen LogP contribution is 2.22. The van der Waals surface area contributed by atoms with E-state index in [9.17, 15) is 9.59 Å². The van der Waals surface area contributed by atoms with Crippen LogP contribution < -0.4 is 10.6 Å². The van der Waals surface area contributed by atoms with Crippen LogP contribution >= 0.6 is 22.9 Å². The normalized spacial score (nSPS) is 11.6. The smallest absolute Gasteiger partial charge is 0.253 e. The molecule has 0 spiro atoms. The molecule has 0 saturated carbocycles. The molecule has 0 unspecified atom stereocenters. The minimum absolute atomic E-state index is 0.237. The number of thiazole rings is 1. The number of carbonyl (C=O) groups is 2. The van der Waals surface area contributed by atoms with E-state index in [4.69, 9.17) is 11.6 Å². The molecule has 0 aliphatic heterocycles.